The minimum Gasteiger partial charge on any atom is -0.389 e. The average molecular weight is 261 g/mol. The van der Waals surface area contributed by atoms with Crippen LogP contribution in [0.5, 0.6) is 0 Å². The fourth-order valence-electron chi connectivity index (χ4n) is 3.36. The second-order valence-corrected chi connectivity index (χ2v) is 5.68. The molecule has 1 saturated heterocycles. The SMILES string of the molecule is O=C(c1ccnnc1)N1CCC2(O)CCCCC2C1. The van der Waals surface area contributed by atoms with E-state index in [0.29, 0.717) is 25.1 Å². The number of aliphatic hydroxyl groups is 1. The average Bonchev–Trinajstić information content (AvgIpc) is 2.46. The van der Waals surface area contributed by atoms with Crippen LogP contribution in [0.1, 0.15) is 42.5 Å². The first-order chi connectivity index (χ1) is 9.19. The number of fused-ring (bicyclic) bond motifs is 1. The summed E-state index contributed by atoms with van der Waals surface area (Å²) in [6.45, 7) is 1.30. The van der Waals surface area contributed by atoms with Gasteiger partial charge in [-0.15, -0.1) is 0 Å². The molecule has 0 aromatic carbocycles. The Morgan fingerprint density at radius 2 is 2.26 bits per heavy atom. The lowest BCUT2D eigenvalue weighted by atomic mass is 9.71. The van der Waals surface area contributed by atoms with Crippen molar-refractivity contribution >= 4 is 5.91 Å². The molecule has 1 amide bonds. The van der Waals surface area contributed by atoms with Crippen LogP contribution >= 0.6 is 0 Å². The van der Waals surface area contributed by atoms with Crippen LogP contribution in [0.4, 0.5) is 0 Å². The molecule has 102 valence electrons. The fourth-order valence-corrected chi connectivity index (χ4v) is 3.36. The van der Waals surface area contributed by atoms with Crippen LogP contribution in [0, 0.1) is 5.92 Å². The lowest BCUT2D eigenvalue weighted by Gasteiger charge is -2.47. The van der Waals surface area contributed by atoms with E-state index < -0.39 is 5.60 Å². The van der Waals surface area contributed by atoms with Gasteiger partial charge >= 0.3 is 0 Å². The molecule has 1 aromatic heterocycles. The molecule has 1 aromatic rings. The largest absolute Gasteiger partial charge is 0.389 e. The Balaban J connectivity index is 1.73. The van der Waals surface area contributed by atoms with Crippen molar-refractivity contribution in [3.05, 3.63) is 24.0 Å². The topological polar surface area (TPSA) is 66.3 Å². The molecule has 3 rings (SSSR count). The Bertz CT molecular complexity index is 465. The molecule has 1 aliphatic carbocycles. The van der Waals surface area contributed by atoms with E-state index >= 15 is 0 Å². The molecule has 5 heteroatoms. The molecule has 2 heterocycles. The molecule has 0 bridgehead atoms. The Hall–Kier alpha value is -1.49. The van der Waals surface area contributed by atoms with E-state index in [2.05, 4.69) is 10.2 Å². The van der Waals surface area contributed by atoms with Gasteiger partial charge in [-0.25, -0.2) is 0 Å². The number of amides is 1. The zero-order valence-electron chi connectivity index (χ0n) is 11.0. The summed E-state index contributed by atoms with van der Waals surface area (Å²) in [4.78, 5) is 14.2. The van der Waals surface area contributed by atoms with Gasteiger partial charge in [0.25, 0.3) is 5.91 Å². The molecule has 2 unspecified atom stereocenters. The number of carbonyl (C=O) groups excluding carboxylic acids is 1. The van der Waals surface area contributed by atoms with Crippen molar-refractivity contribution in [3.63, 3.8) is 0 Å². The number of likely N-dealkylation sites (tertiary alicyclic amines) is 1. The Morgan fingerprint density at radius 1 is 1.37 bits per heavy atom. The van der Waals surface area contributed by atoms with Gasteiger partial charge in [0.1, 0.15) is 0 Å². The van der Waals surface area contributed by atoms with Crippen molar-refractivity contribution in [3.8, 4) is 0 Å². The van der Waals surface area contributed by atoms with Gasteiger partial charge in [0.05, 0.1) is 23.6 Å². The smallest absolute Gasteiger partial charge is 0.255 e. The number of nitrogens with zero attached hydrogens (tertiary/aromatic N) is 3. The maximum atomic E-state index is 12.4. The highest BCUT2D eigenvalue weighted by Gasteiger charge is 2.43. The molecule has 1 N–H and O–H groups in total. The van der Waals surface area contributed by atoms with Gasteiger partial charge in [-0.2, -0.15) is 10.2 Å². The molecule has 0 radical (unpaired) electrons. The highest BCUT2D eigenvalue weighted by atomic mass is 16.3. The standard InChI is InChI=1S/C14H19N3O2/c18-13(11-4-7-15-16-9-11)17-8-6-14(19)5-2-1-3-12(14)10-17/h4,7,9,12,19H,1-3,5-6,8,10H2. The molecule has 2 aliphatic rings. The van der Waals surface area contributed by atoms with Crippen molar-refractivity contribution < 1.29 is 9.90 Å². The third-order valence-corrected chi connectivity index (χ3v) is 4.55. The van der Waals surface area contributed by atoms with Gasteiger partial charge in [-0.1, -0.05) is 12.8 Å². The fraction of sp³-hybridized carbons (Fsp3) is 0.643. The maximum absolute atomic E-state index is 12.4. The van der Waals surface area contributed by atoms with E-state index in [1.807, 2.05) is 4.90 Å². The predicted octanol–water partition coefficient (Wildman–Crippen LogP) is 1.24. The molecule has 19 heavy (non-hydrogen) atoms. The van der Waals surface area contributed by atoms with Gasteiger partial charge in [0.15, 0.2) is 0 Å². The van der Waals surface area contributed by atoms with Crippen molar-refractivity contribution in [1.29, 1.82) is 0 Å². The second-order valence-electron chi connectivity index (χ2n) is 5.68. The minimum atomic E-state index is -0.536. The first-order valence-electron chi connectivity index (χ1n) is 6.97. The van der Waals surface area contributed by atoms with E-state index in [9.17, 15) is 9.90 Å². The monoisotopic (exact) mass is 261 g/mol. The summed E-state index contributed by atoms with van der Waals surface area (Å²) in [6.07, 6.45) is 7.91. The van der Waals surface area contributed by atoms with E-state index in [0.717, 1.165) is 25.7 Å². The first kappa shape index (κ1) is 12.5. The van der Waals surface area contributed by atoms with Crippen LogP contribution in [-0.2, 0) is 0 Å². The molecule has 2 atom stereocenters. The molecule has 1 saturated carbocycles. The van der Waals surface area contributed by atoms with Gasteiger partial charge in [-0.05, 0) is 25.3 Å². The van der Waals surface area contributed by atoms with Crippen molar-refractivity contribution in [1.82, 2.24) is 15.1 Å². The third-order valence-electron chi connectivity index (χ3n) is 4.55. The van der Waals surface area contributed by atoms with E-state index in [4.69, 9.17) is 0 Å². The quantitative estimate of drug-likeness (QED) is 0.826. The van der Waals surface area contributed by atoms with E-state index in [1.54, 1.807) is 6.07 Å². The van der Waals surface area contributed by atoms with Gasteiger partial charge in [0.2, 0.25) is 0 Å². The van der Waals surface area contributed by atoms with Gasteiger partial charge in [-0.3, -0.25) is 4.79 Å². The van der Waals surface area contributed by atoms with E-state index in [1.165, 1.54) is 12.4 Å². The Kier molecular flexibility index (Phi) is 3.22. The number of rotatable bonds is 1. The van der Waals surface area contributed by atoms with Crippen LogP contribution in [-0.4, -0.2) is 44.8 Å². The normalized spacial score (nSPS) is 30.8. The maximum Gasteiger partial charge on any atom is 0.255 e. The zero-order valence-corrected chi connectivity index (χ0v) is 11.0. The lowest BCUT2D eigenvalue weighted by Crippen LogP contribution is -2.54. The lowest BCUT2D eigenvalue weighted by molar-refractivity contribution is -0.0886. The third kappa shape index (κ3) is 2.34. The molecule has 1 aliphatic heterocycles. The summed E-state index contributed by atoms with van der Waals surface area (Å²) in [5.41, 5.74) is 0.0437. The van der Waals surface area contributed by atoms with Crippen molar-refractivity contribution in [2.24, 2.45) is 5.92 Å². The van der Waals surface area contributed by atoms with Gasteiger partial charge < -0.3 is 10.0 Å². The number of hydrogen-bond acceptors (Lipinski definition) is 4. The minimum absolute atomic E-state index is 0.00234. The highest BCUT2D eigenvalue weighted by Crippen LogP contribution is 2.39. The molecular weight excluding hydrogens is 242 g/mol. The predicted molar refractivity (Wildman–Crippen MR) is 69.5 cm³/mol. The van der Waals surface area contributed by atoms with Crippen molar-refractivity contribution in [2.75, 3.05) is 13.1 Å². The van der Waals surface area contributed by atoms with Crippen LogP contribution in [0.15, 0.2) is 18.5 Å². The summed E-state index contributed by atoms with van der Waals surface area (Å²) in [5, 5.41) is 18.0. The summed E-state index contributed by atoms with van der Waals surface area (Å²) < 4.78 is 0. The Morgan fingerprint density at radius 3 is 3.05 bits per heavy atom. The van der Waals surface area contributed by atoms with E-state index in [-0.39, 0.29) is 11.8 Å². The summed E-state index contributed by atoms with van der Waals surface area (Å²) >= 11 is 0. The number of aromatic nitrogens is 2. The molecular formula is C14H19N3O2. The molecule has 2 fully saturated rings. The Labute approximate surface area is 112 Å². The number of carbonyl (C=O) groups is 1. The van der Waals surface area contributed by atoms with Crippen LogP contribution in [0.2, 0.25) is 0 Å². The highest BCUT2D eigenvalue weighted by molar-refractivity contribution is 5.93. The summed E-state index contributed by atoms with van der Waals surface area (Å²) in [6, 6.07) is 1.69. The summed E-state index contributed by atoms with van der Waals surface area (Å²) in [7, 11) is 0. The van der Waals surface area contributed by atoms with Crippen LogP contribution < -0.4 is 0 Å². The molecule has 0 spiro atoms. The summed E-state index contributed by atoms with van der Waals surface area (Å²) in [5.74, 6) is 0.233. The van der Waals surface area contributed by atoms with Gasteiger partial charge in [0, 0.05) is 19.0 Å². The number of hydrogen-bond donors (Lipinski definition) is 1. The van der Waals surface area contributed by atoms with Crippen LogP contribution in [0.25, 0.3) is 0 Å². The molecule has 5 nitrogen and oxygen atoms in total. The van der Waals surface area contributed by atoms with Crippen molar-refractivity contribution in [2.45, 2.75) is 37.7 Å². The zero-order chi connectivity index (χ0) is 13.3. The number of piperidine rings is 1. The van der Waals surface area contributed by atoms with Crippen LogP contribution in [0.3, 0.4) is 0 Å². The second kappa shape index (κ2) is 4.89. The first-order valence-corrected chi connectivity index (χ1v) is 6.97.